The fourth-order valence-corrected chi connectivity index (χ4v) is 11.7. The topological polar surface area (TPSA) is 595 Å². The molecular formula is C65H84N14O21S2. The number of amides is 13. The number of nitrogens with two attached hydrogens (primary N) is 4. The van der Waals surface area contributed by atoms with Crippen LogP contribution >= 0.6 is 22.7 Å². The summed E-state index contributed by atoms with van der Waals surface area (Å²) in [5.41, 5.74) is 22.7. The number of benzene rings is 2. The van der Waals surface area contributed by atoms with E-state index in [1.807, 2.05) is 0 Å². The smallest absolute Gasteiger partial charge is 0.326 e. The normalized spacial score (nSPS) is 13.8. The zero-order valence-electron chi connectivity index (χ0n) is 55.5. The molecule has 2 aromatic carbocycles. The summed E-state index contributed by atoms with van der Waals surface area (Å²) in [5, 5.41) is 62.3. The number of carbonyl (C=O) groups excluding carboxylic acids is 13. The number of nitrogens with one attached hydrogen (secondary N) is 10. The molecule has 0 unspecified atom stereocenters. The molecule has 2 aromatic heterocycles. The monoisotopic (exact) mass is 1460 g/mol. The highest BCUT2D eigenvalue weighted by Gasteiger charge is 2.35. The lowest BCUT2D eigenvalue weighted by Gasteiger charge is -2.26. The van der Waals surface area contributed by atoms with E-state index in [9.17, 15) is 96.8 Å². The first-order valence-electron chi connectivity index (χ1n) is 31.9. The molecule has 0 aliphatic carbocycles. The van der Waals surface area contributed by atoms with Crippen molar-refractivity contribution in [1.29, 1.82) is 0 Å². The van der Waals surface area contributed by atoms with Crippen LogP contribution in [-0.2, 0) is 107 Å². The number of carbonyl (C=O) groups is 17. The van der Waals surface area contributed by atoms with Crippen molar-refractivity contribution in [3.63, 3.8) is 0 Å². The number of aliphatic carboxylic acids is 4. The van der Waals surface area contributed by atoms with Gasteiger partial charge in [0.2, 0.25) is 76.8 Å². The van der Waals surface area contributed by atoms with Gasteiger partial charge in [-0.1, -0.05) is 60.7 Å². The Hall–Kier alpha value is -11.2. The minimum atomic E-state index is -1.70. The number of thiophene rings is 2. The highest BCUT2D eigenvalue weighted by Crippen LogP contribution is 2.34. The summed E-state index contributed by atoms with van der Waals surface area (Å²) >= 11 is 2.48. The number of hydrogen-bond acceptors (Lipinski definition) is 20. The molecule has 0 saturated carbocycles. The van der Waals surface area contributed by atoms with Crippen molar-refractivity contribution < 1.29 is 102 Å². The Morgan fingerprint density at radius 1 is 0.363 bits per heavy atom. The van der Waals surface area contributed by atoms with E-state index in [0.29, 0.717) is 30.6 Å². The van der Waals surface area contributed by atoms with Gasteiger partial charge >= 0.3 is 23.9 Å². The Bertz CT molecular complexity index is 3670. The van der Waals surface area contributed by atoms with Gasteiger partial charge in [0.15, 0.2) is 0 Å². The van der Waals surface area contributed by atoms with Crippen LogP contribution in [-0.4, -0.2) is 182 Å². The Kier molecular flexibility index (Phi) is 34.3. The molecular weight excluding hydrogens is 1380 g/mol. The van der Waals surface area contributed by atoms with Crippen LogP contribution in [0.5, 0.6) is 0 Å². The maximum Gasteiger partial charge on any atom is 0.326 e. The van der Waals surface area contributed by atoms with Gasteiger partial charge in [-0.05, 0) is 87.8 Å². The second-order valence-corrected chi connectivity index (χ2v) is 25.8. The van der Waals surface area contributed by atoms with E-state index in [4.69, 9.17) is 28.0 Å². The third-order valence-corrected chi connectivity index (χ3v) is 17.5. The lowest BCUT2D eigenvalue weighted by molar-refractivity contribution is -0.144. The maximum absolute atomic E-state index is 14.1. The third-order valence-electron chi connectivity index (χ3n) is 15.2. The molecule has 0 spiro atoms. The lowest BCUT2D eigenvalue weighted by Crippen LogP contribution is -2.59. The summed E-state index contributed by atoms with van der Waals surface area (Å²) in [6.07, 6.45) is -6.17. The van der Waals surface area contributed by atoms with Gasteiger partial charge in [-0.15, -0.1) is 22.7 Å². The predicted octanol–water partition coefficient (Wildman–Crippen LogP) is -2.67. The van der Waals surface area contributed by atoms with Crippen LogP contribution in [0, 0.1) is 0 Å². The van der Waals surface area contributed by atoms with Crippen LogP contribution in [0.15, 0.2) is 84.9 Å². The van der Waals surface area contributed by atoms with Crippen molar-refractivity contribution in [3.05, 3.63) is 106 Å². The van der Waals surface area contributed by atoms with Gasteiger partial charge in [-0.3, -0.25) is 76.7 Å². The summed E-state index contributed by atoms with van der Waals surface area (Å²) in [4.78, 5) is 220. The first-order valence-corrected chi connectivity index (χ1v) is 33.6. The molecule has 0 bridgehead atoms. The maximum atomic E-state index is 14.1. The van der Waals surface area contributed by atoms with E-state index in [-0.39, 0.29) is 45.1 Å². The van der Waals surface area contributed by atoms with Gasteiger partial charge in [0, 0.05) is 70.9 Å². The lowest BCUT2D eigenvalue weighted by atomic mass is 10.0. The van der Waals surface area contributed by atoms with Gasteiger partial charge in [0.05, 0.1) is 19.0 Å². The molecule has 0 aliphatic rings. The van der Waals surface area contributed by atoms with E-state index in [1.165, 1.54) is 36.5 Å². The Morgan fingerprint density at radius 2 is 0.696 bits per heavy atom. The highest BCUT2D eigenvalue weighted by molar-refractivity contribution is 7.22. The van der Waals surface area contributed by atoms with E-state index in [2.05, 4.69) is 53.2 Å². The van der Waals surface area contributed by atoms with Crippen LogP contribution < -0.4 is 76.1 Å². The van der Waals surface area contributed by atoms with Crippen LogP contribution in [0.3, 0.4) is 0 Å². The SMILES string of the molecule is C[C@H](NC(=O)[C@H](Cc1ccccc1)NC(=O)[C@H](CCC(=O)O)NC(=O)Cc1ccc(-c2ccc(CNC(=O)[C@H](C)NC(=O)[C@H](Cc3ccccc3)NC(=O)[C@H](CCC(=O)O)NC(=O)[C@H](CCC(N)=O)NC(=O)[C@@H](N)CCC(N)=O)s2)s1)C(=O)N[C@@H](CCC(N)=O)C(=O)N[C@@H](CCC(=O)O)C(=O)O. The van der Waals surface area contributed by atoms with Gasteiger partial charge in [0.25, 0.3) is 0 Å². The molecule has 4 aromatic rings. The molecule has 552 valence electrons. The molecule has 37 heteroatoms. The zero-order valence-corrected chi connectivity index (χ0v) is 57.2. The molecule has 35 nitrogen and oxygen atoms in total. The molecule has 0 fully saturated rings. The molecule has 0 radical (unpaired) electrons. The second-order valence-electron chi connectivity index (χ2n) is 23.5. The average Bonchev–Trinajstić information content (AvgIpc) is 1.60. The Labute approximate surface area is 591 Å². The number of carboxylic acid groups (broad SMARTS) is 4. The first kappa shape index (κ1) is 83.2. The van der Waals surface area contributed by atoms with E-state index >= 15 is 0 Å². The van der Waals surface area contributed by atoms with Crippen molar-refractivity contribution in [2.24, 2.45) is 22.9 Å². The van der Waals surface area contributed by atoms with Crippen molar-refractivity contribution in [2.45, 2.75) is 177 Å². The molecule has 0 aliphatic heterocycles. The second kappa shape index (κ2) is 42.0. The van der Waals surface area contributed by atoms with Crippen molar-refractivity contribution in [2.75, 3.05) is 0 Å². The van der Waals surface area contributed by atoms with Crippen molar-refractivity contribution >= 4 is 123 Å². The van der Waals surface area contributed by atoms with E-state index < -0.39 is 219 Å². The minimum Gasteiger partial charge on any atom is -0.481 e. The van der Waals surface area contributed by atoms with Gasteiger partial charge in [-0.25, -0.2) is 4.79 Å². The number of primary amides is 3. The zero-order chi connectivity index (χ0) is 75.8. The number of carboxylic acids is 4. The van der Waals surface area contributed by atoms with Crippen LogP contribution in [0.4, 0.5) is 0 Å². The van der Waals surface area contributed by atoms with Crippen LogP contribution in [0.1, 0.15) is 112 Å². The molecule has 22 N–H and O–H groups in total. The molecule has 0 saturated heterocycles. The fourth-order valence-electron chi connectivity index (χ4n) is 9.62. The van der Waals surface area contributed by atoms with Gasteiger partial charge < -0.3 is 96.5 Å². The molecule has 102 heavy (non-hydrogen) atoms. The van der Waals surface area contributed by atoms with E-state index in [0.717, 1.165) is 0 Å². The molecule has 2 heterocycles. The largest absolute Gasteiger partial charge is 0.481 e. The Balaban J connectivity index is 1.42. The van der Waals surface area contributed by atoms with Crippen molar-refractivity contribution in [1.82, 2.24) is 53.2 Å². The van der Waals surface area contributed by atoms with Gasteiger partial charge in [-0.2, -0.15) is 0 Å². The summed E-state index contributed by atoms with van der Waals surface area (Å²) in [7, 11) is 0. The Morgan fingerprint density at radius 3 is 1.12 bits per heavy atom. The minimum absolute atomic E-state index is 0.0281. The summed E-state index contributed by atoms with van der Waals surface area (Å²) < 4.78 is 0. The standard InChI is InChI=1S/C65H84N14O21S2/c1-33(71-63(97)45(29-35-9-5-3-6-10-35)79-62(96)43(19-27-54(86)87)76-60(94)42(17-25-51(69)82)75-58(92)39(66)15-23-49(67)80)56(90)70-32-38-14-22-48(102-38)47-21-13-37(101-47)31-52(83)73-40(18-26-53(84)85)59(93)78-46(30-36-11-7-4-8-12-36)64(98)72-34(2)57(91)74-41(16-24-50(68)81)61(95)77-44(65(99)100)20-28-55(88)89/h3-14,21-22,33-34,39-46H,15-20,23-32,66H2,1-2H3,(H2,67,80)(H2,68,81)(H2,69,82)(H,70,90)(H,71,97)(H,72,98)(H,73,83)(H,74,91)(H,75,92)(H,76,94)(H,77,95)(H,78,93)(H,79,96)(H,84,85)(H,86,87)(H,88,89)(H,99,100)/t33-,34-,39-,40-,41-,42-,43-,44-,45-,46-/m0/s1. The van der Waals surface area contributed by atoms with Crippen molar-refractivity contribution in [3.8, 4) is 9.75 Å². The fraction of sp³-hybridized carbons (Fsp3) is 0.431. The third kappa shape index (κ3) is 30.5. The summed E-state index contributed by atoms with van der Waals surface area (Å²) in [6.45, 7) is 2.56. The molecule has 4 rings (SSSR count). The quantitative estimate of drug-likeness (QED) is 0.0214. The number of rotatable bonds is 46. The summed E-state index contributed by atoms with van der Waals surface area (Å²) in [6, 6.07) is 8.51. The van der Waals surface area contributed by atoms with Crippen LogP contribution in [0.25, 0.3) is 9.75 Å². The number of hydrogen-bond donors (Lipinski definition) is 18. The molecule has 10 atom stereocenters. The first-order chi connectivity index (χ1) is 48.2. The van der Waals surface area contributed by atoms with Crippen LogP contribution in [0.2, 0.25) is 0 Å². The summed E-state index contributed by atoms with van der Waals surface area (Å²) in [5.74, 6) is -17.3. The van der Waals surface area contributed by atoms with Gasteiger partial charge in [0.1, 0.15) is 54.4 Å². The predicted molar refractivity (Wildman–Crippen MR) is 364 cm³/mol. The van der Waals surface area contributed by atoms with E-state index in [1.54, 1.807) is 84.9 Å². The molecule has 13 amide bonds. The highest BCUT2D eigenvalue weighted by atomic mass is 32.1. The average molecular weight is 1460 g/mol.